The molecule has 0 aliphatic heterocycles. The van der Waals surface area contributed by atoms with Gasteiger partial charge in [0.2, 0.25) is 0 Å². The zero-order chi connectivity index (χ0) is 23.3. The number of hydrogen-bond acceptors (Lipinski definition) is 2. The largest absolute Gasteiger partial charge is 0.507 e. The molecule has 1 unspecified atom stereocenters. The number of benzene rings is 2. The fourth-order valence-electron chi connectivity index (χ4n) is 4.49. The highest BCUT2D eigenvalue weighted by Crippen LogP contribution is 2.38. The third-order valence-corrected chi connectivity index (χ3v) is 6.91. The van der Waals surface area contributed by atoms with Crippen LogP contribution in [0.2, 0.25) is 5.02 Å². The number of nitrogens with zero attached hydrogens (tertiary/aromatic N) is 1. The number of allylic oxidation sites excluding steroid dienone is 3. The maximum Gasteiger partial charge on any atom is 0.123 e. The Morgan fingerprint density at radius 2 is 1.91 bits per heavy atom. The summed E-state index contributed by atoms with van der Waals surface area (Å²) in [5.41, 5.74) is 9.15. The van der Waals surface area contributed by atoms with Crippen LogP contribution in [0.4, 0.5) is 0 Å². The molecular weight excluding hydrogens is 414 g/mol. The Bertz CT molecular complexity index is 1030. The van der Waals surface area contributed by atoms with E-state index in [2.05, 4.69) is 51.1 Å². The van der Waals surface area contributed by atoms with Gasteiger partial charge in [-0.2, -0.15) is 0 Å². The number of halogens is 1. The molecule has 3 heteroatoms. The van der Waals surface area contributed by atoms with Crippen molar-refractivity contribution < 1.29 is 5.11 Å². The van der Waals surface area contributed by atoms with Crippen molar-refractivity contribution in [3.63, 3.8) is 0 Å². The van der Waals surface area contributed by atoms with E-state index in [0.717, 1.165) is 60.9 Å². The summed E-state index contributed by atoms with van der Waals surface area (Å²) in [6.45, 7) is 10.6. The van der Waals surface area contributed by atoms with Crippen molar-refractivity contribution >= 4 is 23.6 Å². The summed E-state index contributed by atoms with van der Waals surface area (Å²) in [6.07, 6.45) is 10.2. The van der Waals surface area contributed by atoms with Gasteiger partial charge in [0.15, 0.2) is 0 Å². The van der Waals surface area contributed by atoms with Crippen molar-refractivity contribution in [1.29, 1.82) is 0 Å². The van der Waals surface area contributed by atoms with Crippen molar-refractivity contribution in [2.45, 2.75) is 79.1 Å². The molecule has 0 radical (unpaired) electrons. The van der Waals surface area contributed by atoms with Crippen LogP contribution in [-0.4, -0.2) is 11.3 Å². The van der Waals surface area contributed by atoms with E-state index in [1.165, 1.54) is 22.3 Å². The van der Waals surface area contributed by atoms with E-state index >= 15 is 0 Å². The van der Waals surface area contributed by atoms with Gasteiger partial charge in [0.05, 0.1) is 5.02 Å². The average Bonchev–Trinajstić information content (AvgIpc) is 2.70. The molecule has 170 valence electrons. The molecule has 3 rings (SSSR count). The smallest absolute Gasteiger partial charge is 0.123 e. The molecule has 32 heavy (non-hydrogen) atoms. The first-order chi connectivity index (χ1) is 15.4. The molecular formula is C29H36ClNO. The first kappa shape index (κ1) is 24.3. The van der Waals surface area contributed by atoms with E-state index in [4.69, 9.17) is 16.6 Å². The van der Waals surface area contributed by atoms with E-state index in [1.807, 2.05) is 26.1 Å². The van der Waals surface area contributed by atoms with Gasteiger partial charge in [-0.15, -0.1) is 0 Å². The third-order valence-electron chi connectivity index (χ3n) is 6.62. The second-order valence-corrected chi connectivity index (χ2v) is 9.33. The van der Waals surface area contributed by atoms with Gasteiger partial charge < -0.3 is 5.11 Å². The van der Waals surface area contributed by atoms with Crippen LogP contribution in [0.25, 0.3) is 5.76 Å². The molecule has 0 amide bonds. The molecule has 1 N–H and O–H groups in total. The lowest BCUT2D eigenvalue weighted by Gasteiger charge is -2.23. The Kier molecular flexibility index (Phi) is 8.37. The molecule has 1 aliphatic carbocycles. The van der Waals surface area contributed by atoms with E-state index in [0.29, 0.717) is 10.8 Å². The number of aliphatic imine (C=N–C) groups is 1. The van der Waals surface area contributed by atoms with Gasteiger partial charge in [-0.05, 0) is 99.3 Å². The fraction of sp³-hybridized carbons (Fsp3) is 0.414. The van der Waals surface area contributed by atoms with Gasteiger partial charge in [0, 0.05) is 23.4 Å². The number of rotatable bonds is 8. The lowest BCUT2D eigenvalue weighted by Crippen LogP contribution is -2.10. The maximum atomic E-state index is 10.7. The molecule has 0 bridgehead atoms. The number of aliphatic hydroxyl groups is 1. The molecule has 1 saturated carbocycles. The van der Waals surface area contributed by atoms with Gasteiger partial charge in [0.1, 0.15) is 5.76 Å². The second-order valence-electron chi connectivity index (χ2n) is 8.93. The highest BCUT2D eigenvalue weighted by molar-refractivity contribution is 6.32. The highest BCUT2D eigenvalue weighted by atomic mass is 35.5. The SMILES string of the molecule is CC=N/C(=C\CCC)C(Cc1cc(C)c(C(O)=C2CCC2)c(Cl)c1)c1cccc(C)c1C. The average molecular weight is 450 g/mol. The number of aryl methyl sites for hydroxylation is 2. The molecule has 2 aromatic rings. The van der Waals surface area contributed by atoms with Crippen LogP contribution in [0.15, 0.2) is 52.7 Å². The predicted octanol–water partition coefficient (Wildman–Crippen LogP) is 8.82. The minimum absolute atomic E-state index is 0.151. The summed E-state index contributed by atoms with van der Waals surface area (Å²) >= 11 is 6.73. The Labute approximate surface area is 198 Å². The van der Waals surface area contributed by atoms with Crippen LogP contribution in [0.5, 0.6) is 0 Å². The van der Waals surface area contributed by atoms with Gasteiger partial charge >= 0.3 is 0 Å². The summed E-state index contributed by atoms with van der Waals surface area (Å²) in [5.74, 6) is 0.535. The first-order valence-electron chi connectivity index (χ1n) is 11.8. The van der Waals surface area contributed by atoms with Crippen LogP contribution in [0.3, 0.4) is 0 Å². The Morgan fingerprint density at radius 1 is 1.16 bits per heavy atom. The second kappa shape index (κ2) is 11.0. The summed E-state index contributed by atoms with van der Waals surface area (Å²) in [5, 5.41) is 11.4. The normalized spacial score (nSPS) is 15.2. The summed E-state index contributed by atoms with van der Waals surface area (Å²) in [7, 11) is 0. The quantitative estimate of drug-likeness (QED) is 0.316. The Morgan fingerprint density at radius 3 is 2.50 bits per heavy atom. The van der Waals surface area contributed by atoms with Crippen molar-refractivity contribution in [1.82, 2.24) is 0 Å². The summed E-state index contributed by atoms with van der Waals surface area (Å²) in [4.78, 5) is 4.79. The van der Waals surface area contributed by atoms with Gasteiger partial charge in [0.25, 0.3) is 0 Å². The first-order valence-corrected chi connectivity index (χ1v) is 12.2. The van der Waals surface area contributed by atoms with E-state index < -0.39 is 0 Å². The van der Waals surface area contributed by atoms with E-state index in [9.17, 15) is 5.11 Å². The predicted molar refractivity (Wildman–Crippen MR) is 139 cm³/mol. The number of aliphatic hydroxyl groups excluding tert-OH is 1. The van der Waals surface area contributed by atoms with E-state index in [-0.39, 0.29) is 5.92 Å². The van der Waals surface area contributed by atoms with Crippen LogP contribution < -0.4 is 0 Å². The zero-order valence-electron chi connectivity index (χ0n) is 20.1. The Hall–Kier alpha value is -2.32. The molecule has 0 aromatic heterocycles. The molecule has 0 heterocycles. The Balaban J connectivity index is 2.06. The van der Waals surface area contributed by atoms with Crippen molar-refractivity contribution in [2.24, 2.45) is 4.99 Å². The molecule has 0 spiro atoms. The third kappa shape index (κ3) is 5.35. The fourth-order valence-corrected chi connectivity index (χ4v) is 4.87. The van der Waals surface area contributed by atoms with E-state index in [1.54, 1.807) is 0 Å². The molecule has 1 fully saturated rings. The van der Waals surface area contributed by atoms with Gasteiger partial charge in [-0.3, -0.25) is 4.99 Å². The van der Waals surface area contributed by atoms with Crippen LogP contribution in [0, 0.1) is 20.8 Å². The van der Waals surface area contributed by atoms with Crippen molar-refractivity contribution in [3.8, 4) is 0 Å². The molecule has 1 atom stereocenters. The molecule has 0 saturated heterocycles. The van der Waals surface area contributed by atoms with Gasteiger partial charge in [-0.25, -0.2) is 0 Å². The van der Waals surface area contributed by atoms with Crippen LogP contribution in [-0.2, 0) is 6.42 Å². The standard InChI is InChI=1S/C29H36ClNO/c1-6-8-15-27(31-7-2)25(24-14-9-11-19(3)21(24)5)17-22-16-20(4)28(26(30)18-22)29(32)23-12-10-13-23/h7,9,11,14-16,18,25,32H,6,8,10,12-13,17H2,1-5H3/b27-15-,31-7?. The lowest BCUT2D eigenvalue weighted by molar-refractivity contribution is 0.485. The van der Waals surface area contributed by atoms with Crippen LogP contribution >= 0.6 is 11.6 Å². The molecule has 2 nitrogen and oxygen atoms in total. The minimum atomic E-state index is 0.151. The van der Waals surface area contributed by atoms with Crippen LogP contribution in [0.1, 0.15) is 85.3 Å². The topological polar surface area (TPSA) is 32.6 Å². The maximum absolute atomic E-state index is 10.7. The summed E-state index contributed by atoms with van der Waals surface area (Å²) < 4.78 is 0. The summed E-state index contributed by atoms with van der Waals surface area (Å²) in [6, 6.07) is 10.8. The number of hydrogen-bond donors (Lipinski definition) is 1. The minimum Gasteiger partial charge on any atom is -0.507 e. The van der Waals surface area contributed by atoms with Crippen molar-refractivity contribution in [2.75, 3.05) is 0 Å². The molecule has 2 aromatic carbocycles. The van der Waals surface area contributed by atoms with Crippen molar-refractivity contribution in [3.05, 3.63) is 86.1 Å². The lowest BCUT2D eigenvalue weighted by atomic mass is 9.84. The zero-order valence-corrected chi connectivity index (χ0v) is 20.9. The monoisotopic (exact) mass is 449 g/mol. The highest BCUT2D eigenvalue weighted by Gasteiger charge is 2.23. The van der Waals surface area contributed by atoms with Gasteiger partial charge in [-0.1, -0.05) is 55.3 Å². The molecule has 1 aliphatic rings. The number of unbranched alkanes of at least 4 members (excludes halogenated alkanes) is 1.